The van der Waals surface area contributed by atoms with Crippen molar-refractivity contribution in [1.82, 2.24) is 4.90 Å². The minimum absolute atomic E-state index is 0.0691. The van der Waals surface area contributed by atoms with Crippen molar-refractivity contribution in [3.63, 3.8) is 0 Å². The lowest BCUT2D eigenvalue weighted by Crippen LogP contribution is -2.36. The number of carbonyl (C=O) groups excluding carboxylic acids is 1. The summed E-state index contributed by atoms with van der Waals surface area (Å²) in [4.78, 5) is 13.6. The molecule has 3 atom stereocenters. The van der Waals surface area contributed by atoms with Crippen LogP contribution in [0.15, 0.2) is 0 Å². The Hall–Kier alpha value is -0.810. The van der Waals surface area contributed by atoms with Crippen molar-refractivity contribution >= 4 is 6.09 Å². The smallest absolute Gasteiger partial charge is 0.410 e. The molecule has 0 spiro atoms. The van der Waals surface area contributed by atoms with Crippen LogP contribution in [-0.2, 0) is 9.47 Å². The number of carbonyl (C=O) groups is 1. The first kappa shape index (κ1) is 12.6. The van der Waals surface area contributed by atoms with Crippen molar-refractivity contribution in [3.05, 3.63) is 0 Å². The number of fused-ring (bicyclic) bond motifs is 1. The Morgan fingerprint density at radius 3 is 2.76 bits per heavy atom. The molecule has 0 unspecified atom stereocenters. The quantitative estimate of drug-likeness (QED) is 0.742. The van der Waals surface area contributed by atoms with Crippen LogP contribution in [-0.4, -0.2) is 54.1 Å². The number of hydrogen-bond acceptors (Lipinski definition) is 4. The summed E-state index contributed by atoms with van der Waals surface area (Å²) in [5, 5.41) is 9.21. The van der Waals surface area contributed by atoms with E-state index in [4.69, 9.17) is 9.47 Å². The predicted octanol–water partition coefficient (Wildman–Crippen LogP) is 0.861. The van der Waals surface area contributed by atoms with Gasteiger partial charge < -0.3 is 19.5 Å². The lowest BCUT2D eigenvalue weighted by atomic mass is 9.94. The molecule has 2 heterocycles. The van der Waals surface area contributed by atoms with Crippen LogP contribution in [0, 0.1) is 11.8 Å². The van der Waals surface area contributed by atoms with Gasteiger partial charge in [0.1, 0.15) is 5.60 Å². The fourth-order valence-electron chi connectivity index (χ4n) is 2.46. The zero-order valence-corrected chi connectivity index (χ0v) is 10.7. The van der Waals surface area contributed by atoms with Crippen LogP contribution in [0.3, 0.4) is 0 Å². The van der Waals surface area contributed by atoms with E-state index in [1.165, 1.54) is 0 Å². The van der Waals surface area contributed by atoms with E-state index in [9.17, 15) is 9.90 Å². The van der Waals surface area contributed by atoms with Gasteiger partial charge in [0.15, 0.2) is 0 Å². The highest BCUT2D eigenvalue weighted by Crippen LogP contribution is 2.33. The summed E-state index contributed by atoms with van der Waals surface area (Å²) < 4.78 is 10.9. The molecule has 17 heavy (non-hydrogen) atoms. The fraction of sp³-hybridized carbons (Fsp3) is 0.917. The topological polar surface area (TPSA) is 59.0 Å². The standard InChI is InChI=1S/C12H21NO4/c1-12(2,3)17-11(15)13-4-9-8(6-14)7-16-10(9)5-13/h8-10,14H,4-7H2,1-3H3/t8-,9-,10-/m0/s1. The Morgan fingerprint density at radius 2 is 2.18 bits per heavy atom. The van der Waals surface area contributed by atoms with E-state index in [1.807, 2.05) is 20.8 Å². The maximum atomic E-state index is 11.9. The van der Waals surface area contributed by atoms with Gasteiger partial charge in [-0.05, 0) is 20.8 Å². The second-order valence-electron chi connectivity index (χ2n) is 5.86. The third kappa shape index (κ3) is 2.72. The van der Waals surface area contributed by atoms with Crippen molar-refractivity contribution in [3.8, 4) is 0 Å². The molecule has 5 heteroatoms. The fourth-order valence-corrected chi connectivity index (χ4v) is 2.46. The van der Waals surface area contributed by atoms with Crippen LogP contribution in [0.2, 0.25) is 0 Å². The number of likely N-dealkylation sites (tertiary alicyclic amines) is 1. The van der Waals surface area contributed by atoms with Crippen molar-refractivity contribution in [2.24, 2.45) is 11.8 Å². The first-order chi connectivity index (χ1) is 7.90. The highest BCUT2D eigenvalue weighted by atomic mass is 16.6. The lowest BCUT2D eigenvalue weighted by molar-refractivity contribution is 0.0214. The maximum absolute atomic E-state index is 11.9. The van der Waals surface area contributed by atoms with Crippen molar-refractivity contribution in [2.75, 3.05) is 26.3 Å². The van der Waals surface area contributed by atoms with Crippen molar-refractivity contribution in [2.45, 2.75) is 32.5 Å². The van der Waals surface area contributed by atoms with Gasteiger partial charge in [-0.3, -0.25) is 0 Å². The molecule has 0 aromatic rings. The molecule has 0 saturated carbocycles. The van der Waals surface area contributed by atoms with E-state index in [-0.39, 0.29) is 30.6 Å². The molecule has 0 radical (unpaired) electrons. The van der Waals surface area contributed by atoms with E-state index in [1.54, 1.807) is 4.90 Å². The third-order valence-corrected chi connectivity index (χ3v) is 3.33. The maximum Gasteiger partial charge on any atom is 0.410 e. The lowest BCUT2D eigenvalue weighted by Gasteiger charge is -2.25. The Bertz CT molecular complexity index is 299. The highest BCUT2D eigenvalue weighted by molar-refractivity contribution is 5.68. The summed E-state index contributed by atoms with van der Waals surface area (Å²) in [6, 6.07) is 0. The molecular formula is C12H21NO4. The summed E-state index contributed by atoms with van der Waals surface area (Å²) >= 11 is 0. The normalized spacial score (nSPS) is 32.7. The number of nitrogens with zero attached hydrogens (tertiary/aromatic N) is 1. The second-order valence-corrected chi connectivity index (χ2v) is 5.86. The van der Waals surface area contributed by atoms with Crippen LogP contribution in [0.4, 0.5) is 4.79 Å². The van der Waals surface area contributed by atoms with Gasteiger partial charge in [-0.2, -0.15) is 0 Å². The predicted molar refractivity (Wildman–Crippen MR) is 61.6 cm³/mol. The number of amides is 1. The van der Waals surface area contributed by atoms with Gasteiger partial charge in [-0.15, -0.1) is 0 Å². The van der Waals surface area contributed by atoms with Gasteiger partial charge in [0.2, 0.25) is 0 Å². The molecule has 0 bridgehead atoms. The summed E-state index contributed by atoms with van der Waals surface area (Å²) in [7, 11) is 0. The molecule has 98 valence electrons. The van der Waals surface area contributed by atoms with Crippen LogP contribution < -0.4 is 0 Å². The Balaban J connectivity index is 1.92. The van der Waals surface area contributed by atoms with Gasteiger partial charge in [-0.1, -0.05) is 0 Å². The number of aliphatic hydroxyl groups excluding tert-OH is 1. The van der Waals surface area contributed by atoms with E-state index in [2.05, 4.69) is 0 Å². The average molecular weight is 243 g/mol. The summed E-state index contributed by atoms with van der Waals surface area (Å²) in [6.07, 6.45) is -0.216. The molecule has 2 aliphatic rings. The molecular weight excluding hydrogens is 222 g/mol. The van der Waals surface area contributed by atoms with Crippen LogP contribution in [0.25, 0.3) is 0 Å². The Kier molecular flexibility index (Phi) is 3.32. The summed E-state index contributed by atoms with van der Waals surface area (Å²) in [6.45, 7) is 7.51. The van der Waals surface area contributed by atoms with Crippen molar-refractivity contribution < 1.29 is 19.4 Å². The van der Waals surface area contributed by atoms with Gasteiger partial charge >= 0.3 is 6.09 Å². The highest BCUT2D eigenvalue weighted by Gasteiger charge is 2.45. The second kappa shape index (κ2) is 4.46. The monoisotopic (exact) mass is 243 g/mol. The molecule has 0 aromatic carbocycles. The van der Waals surface area contributed by atoms with Gasteiger partial charge in [0.05, 0.1) is 19.3 Å². The summed E-state index contributed by atoms with van der Waals surface area (Å²) in [5.74, 6) is 0.417. The minimum Gasteiger partial charge on any atom is -0.444 e. The zero-order valence-electron chi connectivity index (χ0n) is 10.7. The van der Waals surface area contributed by atoms with E-state index < -0.39 is 5.60 Å². The molecule has 1 N–H and O–H groups in total. The van der Waals surface area contributed by atoms with Crippen molar-refractivity contribution in [1.29, 1.82) is 0 Å². The molecule has 2 rings (SSSR count). The van der Waals surface area contributed by atoms with Crippen LogP contribution in [0.1, 0.15) is 20.8 Å². The number of rotatable bonds is 1. The molecule has 0 aliphatic carbocycles. The van der Waals surface area contributed by atoms with E-state index >= 15 is 0 Å². The molecule has 2 aliphatic heterocycles. The van der Waals surface area contributed by atoms with Gasteiger partial charge in [0.25, 0.3) is 0 Å². The molecule has 2 fully saturated rings. The SMILES string of the molecule is CC(C)(C)OC(=O)N1C[C@H]2[C@@H](CO)CO[C@H]2C1. The van der Waals surface area contributed by atoms with Crippen LogP contribution in [0.5, 0.6) is 0 Å². The first-order valence-corrected chi connectivity index (χ1v) is 6.11. The minimum atomic E-state index is -0.466. The number of aliphatic hydroxyl groups is 1. The van der Waals surface area contributed by atoms with Crippen LogP contribution >= 0.6 is 0 Å². The first-order valence-electron chi connectivity index (χ1n) is 6.11. The van der Waals surface area contributed by atoms with Gasteiger partial charge in [-0.25, -0.2) is 4.79 Å². The van der Waals surface area contributed by atoms with Gasteiger partial charge in [0, 0.05) is 25.0 Å². The number of hydrogen-bond donors (Lipinski definition) is 1. The van der Waals surface area contributed by atoms with E-state index in [0.29, 0.717) is 19.7 Å². The molecule has 2 saturated heterocycles. The molecule has 1 amide bonds. The third-order valence-electron chi connectivity index (χ3n) is 3.33. The molecule has 0 aromatic heterocycles. The Morgan fingerprint density at radius 1 is 1.47 bits per heavy atom. The average Bonchev–Trinajstić information content (AvgIpc) is 2.72. The van der Waals surface area contributed by atoms with E-state index in [0.717, 1.165) is 0 Å². The molecule has 5 nitrogen and oxygen atoms in total. The summed E-state index contributed by atoms with van der Waals surface area (Å²) in [5.41, 5.74) is -0.466. The zero-order chi connectivity index (χ0) is 12.6. The number of ether oxygens (including phenoxy) is 2. The largest absolute Gasteiger partial charge is 0.444 e. The Labute approximate surface area is 102 Å².